The fraction of sp³-hybridized carbons (Fsp3) is 0.667. The van der Waals surface area contributed by atoms with Crippen LogP contribution in [0.4, 0.5) is 17.2 Å². The number of hydrogen-bond donors (Lipinski definition) is 0. The van der Waals surface area contributed by atoms with E-state index in [0.717, 1.165) is 90.0 Å². The molecule has 0 saturated carbocycles. The zero-order valence-corrected chi connectivity index (χ0v) is 33.5. The van der Waals surface area contributed by atoms with Crippen molar-refractivity contribution in [2.75, 3.05) is 54.0 Å². The van der Waals surface area contributed by atoms with Crippen LogP contribution in [0, 0.1) is 11.3 Å². The highest BCUT2D eigenvalue weighted by atomic mass is 16.5. The molecule has 9 heterocycles. The van der Waals surface area contributed by atoms with Crippen LogP contribution < -0.4 is 14.7 Å². The number of piperidine rings is 1. The van der Waals surface area contributed by atoms with Gasteiger partial charge in [0.05, 0.1) is 60.4 Å². The summed E-state index contributed by atoms with van der Waals surface area (Å²) in [5, 5.41) is 0. The van der Waals surface area contributed by atoms with Crippen molar-refractivity contribution < 1.29 is 14.2 Å². The summed E-state index contributed by atoms with van der Waals surface area (Å²) >= 11 is 0. The number of rotatable bonds is 8. The molecule has 0 aromatic carbocycles. The van der Waals surface area contributed by atoms with Gasteiger partial charge in [-0.1, -0.05) is 41.5 Å². The number of nitrogens with zero attached hydrogens (tertiary/aromatic N) is 6. The predicted molar refractivity (Wildman–Crippen MR) is 215 cm³/mol. The van der Waals surface area contributed by atoms with Gasteiger partial charge in [0.15, 0.2) is 0 Å². The van der Waals surface area contributed by atoms with E-state index in [9.17, 15) is 0 Å². The van der Waals surface area contributed by atoms with Crippen LogP contribution in [0.2, 0.25) is 0 Å². The lowest BCUT2D eigenvalue weighted by molar-refractivity contribution is -0.142. The average Bonchev–Trinajstić information content (AvgIpc) is 3.68. The summed E-state index contributed by atoms with van der Waals surface area (Å²) in [5.41, 5.74) is 8.21. The molecule has 7 atom stereocenters. The summed E-state index contributed by atoms with van der Waals surface area (Å²) < 4.78 is 20.6. The molecule has 3 aromatic heterocycles. The molecule has 6 fully saturated rings. The van der Waals surface area contributed by atoms with E-state index in [1.807, 2.05) is 12.4 Å². The van der Waals surface area contributed by atoms with Crippen LogP contribution in [-0.2, 0) is 14.2 Å². The van der Waals surface area contributed by atoms with Crippen molar-refractivity contribution in [2.24, 2.45) is 11.3 Å². The molecule has 0 aliphatic carbocycles. The van der Waals surface area contributed by atoms with Crippen molar-refractivity contribution in [1.29, 1.82) is 0 Å². The van der Waals surface area contributed by atoms with E-state index in [-0.39, 0.29) is 29.8 Å². The van der Waals surface area contributed by atoms with Gasteiger partial charge in [-0.25, -0.2) is 4.98 Å². The molecule has 1 spiro atoms. The van der Waals surface area contributed by atoms with Gasteiger partial charge in [0.1, 0.15) is 5.82 Å². The molecule has 6 aliphatic rings. The van der Waals surface area contributed by atoms with E-state index < -0.39 is 0 Å². The second kappa shape index (κ2) is 14.7. The molecule has 6 aliphatic heterocycles. The van der Waals surface area contributed by atoms with E-state index in [0.29, 0.717) is 35.9 Å². The van der Waals surface area contributed by atoms with Crippen molar-refractivity contribution in [1.82, 2.24) is 15.0 Å². The molecule has 0 N–H and O–H groups in total. The molecule has 9 nitrogen and oxygen atoms in total. The van der Waals surface area contributed by atoms with Crippen molar-refractivity contribution >= 4 is 17.2 Å². The minimum absolute atomic E-state index is 0.00253. The van der Waals surface area contributed by atoms with Gasteiger partial charge in [0.2, 0.25) is 0 Å². The molecule has 3 unspecified atom stereocenters. The Hall–Kier alpha value is -3.27. The molecule has 9 heteroatoms. The highest BCUT2D eigenvalue weighted by Gasteiger charge is 2.52. The third kappa shape index (κ3) is 6.91. The van der Waals surface area contributed by atoms with Gasteiger partial charge in [-0.2, -0.15) is 0 Å². The van der Waals surface area contributed by atoms with Crippen LogP contribution in [0.15, 0.2) is 49.2 Å². The number of anilines is 3. The van der Waals surface area contributed by atoms with Gasteiger partial charge >= 0.3 is 0 Å². The summed E-state index contributed by atoms with van der Waals surface area (Å²) in [4.78, 5) is 22.1. The Kier molecular flexibility index (Phi) is 9.88. The fourth-order valence-electron chi connectivity index (χ4n) is 11.1. The first kappa shape index (κ1) is 36.4. The summed E-state index contributed by atoms with van der Waals surface area (Å²) in [6.45, 7) is 19.6. The normalized spacial score (nSPS) is 30.7. The molecule has 9 rings (SSSR count). The Bertz CT molecular complexity index is 1780. The smallest absolute Gasteiger partial charge is 0.128 e. The Morgan fingerprint density at radius 3 is 2.17 bits per heavy atom. The lowest BCUT2D eigenvalue weighted by Crippen LogP contribution is -2.50. The first-order valence-corrected chi connectivity index (χ1v) is 21.2. The summed E-state index contributed by atoms with van der Waals surface area (Å²) in [6, 6.07) is 6.68. The van der Waals surface area contributed by atoms with Crippen molar-refractivity contribution in [3.63, 3.8) is 0 Å². The van der Waals surface area contributed by atoms with Crippen LogP contribution in [0.3, 0.4) is 0 Å². The Morgan fingerprint density at radius 2 is 1.43 bits per heavy atom. The maximum Gasteiger partial charge on any atom is 0.128 e. The highest BCUT2D eigenvalue weighted by Crippen LogP contribution is 2.54. The molecular formula is C45H62N6O3. The first-order valence-electron chi connectivity index (χ1n) is 21.2. The Morgan fingerprint density at radius 1 is 0.685 bits per heavy atom. The molecule has 290 valence electrons. The van der Waals surface area contributed by atoms with E-state index in [1.54, 1.807) is 0 Å². The van der Waals surface area contributed by atoms with Crippen molar-refractivity contribution in [3.05, 3.63) is 71.4 Å². The van der Waals surface area contributed by atoms with E-state index in [2.05, 4.69) is 98.0 Å². The van der Waals surface area contributed by atoms with Crippen LogP contribution >= 0.6 is 0 Å². The van der Waals surface area contributed by atoms with Crippen LogP contribution in [0.5, 0.6) is 0 Å². The van der Waals surface area contributed by atoms with Gasteiger partial charge in [-0.3, -0.25) is 9.97 Å². The zero-order valence-electron chi connectivity index (χ0n) is 33.5. The molecule has 54 heavy (non-hydrogen) atoms. The second-order valence-corrected chi connectivity index (χ2v) is 18.5. The first-order chi connectivity index (χ1) is 26.1. The predicted octanol–water partition coefficient (Wildman–Crippen LogP) is 8.41. The lowest BCUT2D eigenvalue weighted by atomic mass is 9.66. The average molecular weight is 735 g/mol. The maximum absolute atomic E-state index is 7.52. The largest absolute Gasteiger partial charge is 0.371 e. The standard InChI is InChI=1S/C45H62N6O3/c1-28(2)31-9-14-48-43(17-31)49-15-11-45(12-16-49)19-40(36-18-34-26-51(27-42(36)53-34)38-22-46-13-10-35(38)29(3)4)54-41(20-45)37-21-47-23-39(44(37)30(5)6)50-24-32-7-8-33(25-50)52-32/h9-10,13-14,17,21-23,28-30,32-34,36,40-42H,7-8,11-12,15-16,18-20,24-27H2,1-6H3/t32-,33+,34-,36?,40?,41?,42-/m0/s1. The number of aromatic nitrogens is 3. The molecule has 0 amide bonds. The van der Waals surface area contributed by atoms with Crippen molar-refractivity contribution in [3.8, 4) is 0 Å². The fourth-order valence-corrected chi connectivity index (χ4v) is 11.1. The summed E-state index contributed by atoms with van der Waals surface area (Å²) in [6.07, 6.45) is 19.3. The number of morpholine rings is 2. The lowest BCUT2D eigenvalue weighted by Gasteiger charge is -2.51. The van der Waals surface area contributed by atoms with E-state index in [4.69, 9.17) is 24.2 Å². The third-order valence-electron chi connectivity index (χ3n) is 14.0. The number of fused-ring (bicyclic) bond motifs is 4. The van der Waals surface area contributed by atoms with Gasteiger partial charge < -0.3 is 28.9 Å². The van der Waals surface area contributed by atoms with E-state index >= 15 is 0 Å². The topological polar surface area (TPSA) is 76.1 Å². The van der Waals surface area contributed by atoms with Gasteiger partial charge in [0.25, 0.3) is 0 Å². The molecule has 6 saturated heterocycles. The van der Waals surface area contributed by atoms with Gasteiger partial charge in [-0.15, -0.1) is 0 Å². The molecule has 3 aromatic rings. The molecule has 4 bridgehead atoms. The summed E-state index contributed by atoms with van der Waals surface area (Å²) in [7, 11) is 0. The Labute approximate surface area is 323 Å². The zero-order chi connectivity index (χ0) is 37.1. The number of hydrogen-bond acceptors (Lipinski definition) is 9. The molecular weight excluding hydrogens is 673 g/mol. The van der Waals surface area contributed by atoms with Crippen molar-refractivity contribution in [2.45, 2.75) is 141 Å². The van der Waals surface area contributed by atoms with Crippen LogP contribution in [0.1, 0.15) is 133 Å². The SMILES string of the molecule is CC(C)c1ccnc(N2CCC3(CC2)CC(c2cncc(N4C[C@H]5CC[C@@H](C4)O5)c2C(C)C)OC(C2C[C@H]4CN(c5cnccc5C(C)C)C[C@@H]2O4)C3)c1. The van der Waals surface area contributed by atoms with Crippen LogP contribution in [0.25, 0.3) is 0 Å². The third-order valence-corrected chi connectivity index (χ3v) is 14.0. The summed E-state index contributed by atoms with van der Waals surface area (Å²) in [5.74, 6) is 2.78. The maximum atomic E-state index is 7.52. The monoisotopic (exact) mass is 734 g/mol. The van der Waals surface area contributed by atoms with Gasteiger partial charge in [0, 0.05) is 69.3 Å². The Balaban J connectivity index is 1.02. The van der Waals surface area contributed by atoms with Crippen LogP contribution in [-0.4, -0.2) is 84.7 Å². The number of ether oxygens (including phenoxy) is 3. The number of pyridine rings is 3. The van der Waals surface area contributed by atoms with E-state index in [1.165, 1.54) is 33.6 Å². The second-order valence-electron chi connectivity index (χ2n) is 18.5. The quantitative estimate of drug-likeness (QED) is 0.227. The molecule has 0 radical (unpaired) electrons. The highest BCUT2D eigenvalue weighted by molar-refractivity contribution is 5.58. The minimum Gasteiger partial charge on any atom is -0.371 e. The van der Waals surface area contributed by atoms with Gasteiger partial charge in [-0.05, 0) is 103 Å². The minimum atomic E-state index is 0.00253.